The molecule has 14 heteroatoms. The van der Waals surface area contributed by atoms with Crippen molar-refractivity contribution in [3.05, 3.63) is 64.7 Å². The molecule has 0 unspecified atom stereocenters. The van der Waals surface area contributed by atoms with Gasteiger partial charge in [0.1, 0.15) is 24.2 Å². The lowest BCUT2D eigenvalue weighted by Crippen LogP contribution is -2.58. The summed E-state index contributed by atoms with van der Waals surface area (Å²) in [6.07, 6.45) is 2.29. The minimum Gasteiger partial charge on any atom is -0.384 e. The Balaban J connectivity index is 1.31. The van der Waals surface area contributed by atoms with Gasteiger partial charge in [-0.05, 0) is 56.9 Å². The van der Waals surface area contributed by atoms with Crippen molar-refractivity contribution >= 4 is 46.8 Å². The third-order valence-electron chi connectivity index (χ3n) is 9.38. The molecule has 1 heterocycles. The Labute approximate surface area is 310 Å². The summed E-state index contributed by atoms with van der Waals surface area (Å²) in [4.78, 5) is 93.2. The van der Waals surface area contributed by atoms with Crippen LogP contribution in [0.2, 0.25) is 0 Å². The Kier molecular flexibility index (Phi) is 14.3. The molecule has 7 N–H and O–H groups in total. The molecule has 5 amide bonds. The van der Waals surface area contributed by atoms with E-state index in [0.29, 0.717) is 79.7 Å². The average molecular weight is 732 g/mol. The molecule has 286 valence electrons. The highest BCUT2D eigenvalue weighted by molar-refractivity contribution is 6.30. The van der Waals surface area contributed by atoms with E-state index >= 15 is 0 Å². The van der Waals surface area contributed by atoms with Crippen molar-refractivity contribution in [2.45, 2.75) is 90.9 Å². The summed E-state index contributed by atoms with van der Waals surface area (Å²) >= 11 is 0. The molecule has 2 aromatic rings. The number of rotatable bonds is 17. The molecule has 1 aliphatic carbocycles. The number of hydrogen-bond donors (Lipinski definition) is 6. The topological polar surface area (TPSA) is 209 Å². The van der Waals surface area contributed by atoms with E-state index in [-0.39, 0.29) is 41.8 Å². The van der Waals surface area contributed by atoms with E-state index in [1.165, 1.54) is 11.8 Å². The van der Waals surface area contributed by atoms with Gasteiger partial charge in [-0.3, -0.25) is 33.6 Å². The van der Waals surface area contributed by atoms with Gasteiger partial charge in [-0.2, -0.15) is 0 Å². The average Bonchev–Trinajstić information content (AvgIpc) is 3.62. The number of nitrogens with zero attached hydrogens (tertiary/aromatic N) is 1. The van der Waals surface area contributed by atoms with Crippen molar-refractivity contribution in [3.63, 3.8) is 0 Å². The molecule has 0 aromatic heterocycles. The predicted octanol–water partition coefficient (Wildman–Crippen LogP) is 1.90. The van der Waals surface area contributed by atoms with Crippen molar-refractivity contribution in [1.82, 2.24) is 26.2 Å². The molecule has 4 rings (SSSR count). The summed E-state index contributed by atoms with van der Waals surface area (Å²) in [5.74, 6) is -2.53. The lowest BCUT2D eigenvalue weighted by Gasteiger charge is -2.30. The van der Waals surface area contributed by atoms with Crippen molar-refractivity contribution in [2.75, 3.05) is 31.5 Å². The van der Waals surface area contributed by atoms with Crippen LogP contribution in [-0.4, -0.2) is 96.3 Å². The number of nitrogens with two attached hydrogens (primary N) is 1. The summed E-state index contributed by atoms with van der Waals surface area (Å²) in [7, 11) is 0. The van der Waals surface area contributed by atoms with Crippen LogP contribution in [-0.2, 0) is 24.0 Å². The van der Waals surface area contributed by atoms with E-state index in [1.807, 2.05) is 27.7 Å². The Morgan fingerprint density at radius 3 is 2.08 bits per heavy atom. The predicted molar refractivity (Wildman–Crippen MR) is 200 cm³/mol. The number of carbonyl (C=O) groups is 7. The fraction of sp³-hybridized carbons (Fsp3) is 0.513. The Morgan fingerprint density at radius 2 is 1.42 bits per heavy atom. The summed E-state index contributed by atoms with van der Waals surface area (Å²) in [5, 5.41) is 14.2. The van der Waals surface area contributed by atoms with Crippen molar-refractivity contribution in [2.24, 2.45) is 17.6 Å². The molecular weight excluding hydrogens is 678 g/mol. The minimum atomic E-state index is -1.00. The summed E-state index contributed by atoms with van der Waals surface area (Å²) in [6.45, 7) is 9.98. The number of anilines is 1. The molecular formula is C39H53N7O7. The molecule has 1 fully saturated rings. The third kappa shape index (κ3) is 10.3. The summed E-state index contributed by atoms with van der Waals surface area (Å²) in [6, 6.07) is 8.42. The van der Waals surface area contributed by atoms with Crippen LogP contribution in [0.1, 0.15) is 98.6 Å². The number of benzene rings is 2. The highest BCUT2D eigenvalue weighted by atomic mass is 16.2. The Morgan fingerprint density at radius 1 is 0.774 bits per heavy atom. The van der Waals surface area contributed by atoms with Gasteiger partial charge in [-0.1, -0.05) is 64.1 Å². The van der Waals surface area contributed by atoms with Gasteiger partial charge in [-0.15, -0.1) is 0 Å². The van der Waals surface area contributed by atoms with Crippen LogP contribution in [0.3, 0.4) is 0 Å². The first-order chi connectivity index (χ1) is 25.2. The number of ketones is 2. The van der Waals surface area contributed by atoms with Crippen LogP contribution in [0, 0.1) is 11.8 Å². The molecule has 4 atom stereocenters. The molecule has 2 aliphatic rings. The second-order valence-corrected chi connectivity index (χ2v) is 14.6. The second-order valence-electron chi connectivity index (χ2n) is 14.6. The number of carbonyl (C=O) groups excluding carboxylic acids is 7. The van der Waals surface area contributed by atoms with Gasteiger partial charge in [0.05, 0.1) is 12.1 Å². The quantitative estimate of drug-likeness (QED) is 0.112. The molecule has 0 spiro atoms. The number of hydrogen-bond acceptors (Lipinski definition) is 9. The summed E-state index contributed by atoms with van der Waals surface area (Å²) in [5.41, 5.74) is 7.42. The van der Waals surface area contributed by atoms with Gasteiger partial charge in [-0.25, -0.2) is 0 Å². The lowest BCUT2D eigenvalue weighted by atomic mass is 9.83. The molecule has 53 heavy (non-hydrogen) atoms. The van der Waals surface area contributed by atoms with E-state index in [1.54, 1.807) is 42.5 Å². The van der Waals surface area contributed by atoms with Crippen LogP contribution >= 0.6 is 0 Å². The van der Waals surface area contributed by atoms with Crippen molar-refractivity contribution in [3.8, 4) is 0 Å². The van der Waals surface area contributed by atoms with E-state index in [4.69, 9.17) is 5.73 Å². The monoisotopic (exact) mass is 731 g/mol. The molecule has 1 aliphatic heterocycles. The Hall–Kier alpha value is -5.11. The molecule has 0 bridgehead atoms. The molecule has 2 aromatic carbocycles. The van der Waals surface area contributed by atoms with E-state index < -0.39 is 41.9 Å². The first-order valence-corrected chi connectivity index (χ1v) is 18.5. The lowest BCUT2D eigenvalue weighted by molar-refractivity contribution is -0.142. The maximum Gasteiger partial charge on any atom is 0.245 e. The number of fused-ring (bicyclic) bond motifs is 2. The third-order valence-corrected chi connectivity index (χ3v) is 9.38. The van der Waals surface area contributed by atoms with Gasteiger partial charge in [0, 0.05) is 42.0 Å². The van der Waals surface area contributed by atoms with Crippen LogP contribution in [0.25, 0.3) is 0 Å². The van der Waals surface area contributed by atoms with Gasteiger partial charge >= 0.3 is 0 Å². The van der Waals surface area contributed by atoms with Crippen LogP contribution in [0.15, 0.2) is 42.5 Å². The zero-order chi connectivity index (χ0) is 38.8. The molecule has 1 saturated heterocycles. The van der Waals surface area contributed by atoms with Crippen molar-refractivity contribution < 1.29 is 33.6 Å². The molecule has 0 saturated carbocycles. The standard InChI is InChI=1S/C39H53N7O7/c1-22(2)19-29(44-32(47)21-40)37(51)43-24(5)36(50)45-30(20-23(3)4)39(53)46-18-9-15-31(46)38(52)42-17-10-16-41-28-14-8-13-27-33(28)35(49)26-12-7-6-11-25(26)34(27)48/h6-8,11-14,22-24,29-31,41H,9-10,15-21,40H2,1-5H3,(H,42,52)(H,43,51)(H,44,47)(H,45,50)/t24-,29-,30-,31-/m0/s1. The van der Waals surface area contributed by atoms with Gasteiger partial charge in [0.15, 0.2) is 11.6 Å². The SMILES string of the molecule is CC(C)C[C@H](NC(=O)CN)C(=O)N[C@@H](C)C(=O)N[C@@H](CC(C)C)C(=O)N1CCC[C@H]1C(=O)NCCCNc1cccc2c1C(=O)c1ccccc1C2=O. The smallest absolute Gasteiger partial charge is 0.245 e. The van der Waals surface area contributed by atoms with E-state index in [0.717, 1.165) is 0 Å². The number of likely N-dealkylation sites (tertiary alicyclic amines) is 1. The highest BCUT2D eigenvalue weighted by Gasteiger charge is 2.38. The second kappa shape index (κ2) is 18.6. The Bertz CT molecular complexity index is 1710. The fourth-order valence-electron chi connectivity index (χ4n) is 6.76. The molecule has 14 nitrogen and oxygen atoms in total. The van der Waals surface area contributed by atoms with Crippen LogP contribution in [0.4, 0.5) is 5.69 Å². The normalized spacial score (nSPS) is 16.7. The first-order valence-electron chi connectivity index (χ1n) is 18.5. The van der Waals surface area contributed by atoms with Gasteiger partial charge in [0.2, 0.25) is 29.5 Å². The number of nitrogens with one attached hydrogen (secondary N) is 5. The summed E-state index contributed by atoms with van der Waals surface area (Å²) < 4.78 is 0. The largest absolute Gasteiger partial charge is 0.384 e. The van der Waals surface area contributed by atoms with E-state index in [2.05, 4.69) is 26.6 Å². The maximum atomic E-state index is 13.9. The zero-order valence-corrected chi connectivity index (χ0v) is 31.3. The van der Waals surface area contributed by atoms with Gasteiger partial charge in [0.25, 0.3) is 0 Å². The number of amides is 5. The maximum absolute atomic E-state index is 13.9. The van der Waals surface area contributed by atoms with E-state index in [9.17, 15) is 33.6 Å². The van der Waals surface area contributed by atoms with Crippen LogP contribution < -0.4 is 32.3 Å². The fourth-order valence-corrected chi connectivity index (χ4v) is 6.76. The molecule has 0 radical (unpaired) electrons. The first kappa shape index (κ1) is 40.7. The zero-order valence-electron chi connectivity index (χ0n) is 31.3. The highest BCUT2D eigenvalue weighted by Crippen LogP contribution is 2.32. The van der Waals surface area contributed by atoms with Crippen LogP contribution in [0.5, 0.6) is 0 Å². The van der Waals surface area contributed by atoms with Crippen molar-refractivity contribution in [1.29, 1.82) is 0 Å². The van der Waals surface area contributed by atoms with Gasteiger partial charge < -0.3 is 37.2 Å². The minimum absolute atomic E-state index is 0.0387.